The van der Waals surface area contributed by atoms with Gasteiger partial charge in [-0.15, -0.1) is 11.3 Å². The third-order valence-electron chi connectivity index (χ3n) is 10.2. The molecule has 0 N–H and O–H groups in total. The van der Waals surface area contributed by atoms with Crippen LogP contribution in [0, 0.1) is 0 Å². The summed E-state index contributed by atoms with van der Waals surface area (Å²) in [4.78, 5) is 25.1. The summed E-state index contributed by atoms with van der Waals surface area (Å²) >= 11 is 1.80. The molecule has 0 aliphatic carbocycles. The van der Waals surface area contributed by atoms with Crippen LogP contribution in [0.3, 0.4) is 0 Å². The SMILES string of the molecule is O=c1c2nc(-n3c4ccccc4c4c5ccccc5c5c6ccccc6sc5c43)ncc2c2ccccc2n1-c1cccc(-c2ccccc2)c1. The predicted molar refractivity (Wildman–Crippen MR) is 213 cm³/mol. The Morgan fingerprint density at radius 1 is 0.510 bits per heavy atom. The molecule has 0 amide bonds. The summed E-state index contributed by atoms with van der Waals surface area (Å²) in [5.41, 5.74) is 5.98. The maximum Gasteiger partial charge on any atom is 0.282 e. The Morgan fingerprint density at radius 3 is 1.94 bits per heavy atom. The van der Waals surface area contributed by atoms with E-state index in [1.54, 1.807) is 15.9 Å². The highest BCUT2D eigenvalue weighted by Gasteiger charge is 2.23. The maximum absolute atomic E-state index is 14.8. The van der Waals surface area contributed by atoms with Crippen molar-refractivity contribution in [3.05, 3.63) is 168 Å². The Bertz CT molecular complexity index is 3280. The first-order valence-corrected chi connectivity index (χ1v) is 17.8. The molecule has 238 valence electrons. The number of hydrogen-bond acceptors (Lipinski definition) is 4. The van der Waals surface area contributed by atoms with Crippen LogP contribution in [0.2, 0.25) is 0 Å². The van der Waals surface area contributed by atoms with E-state index in [9.17, 15) is 4.79 Å². The summed E-state index contributed by atoms with van der Waals surface area (Å²) in [5, 5.41) is 8.82. The molecule has 0 atom stereocenters. The molecule has 11 aromatic rings. The van der Waals surface area contributed by atoms with Gasteiger partial charge in [0.05, 0.1) is 21.3 Å². The molecule has 0 fully saturated rings. The molecule has 7 aromatic carbocycles. The highest BCUT2D eigenvalue weighted by atomic mass is 32.1. The minimum atomic E-state index is -0.184. The number of pyridine rings is 1. The van der Waals surface area contributed by atoms with Crippen LogP contribution in [0.5, 0.6) is 0 Å². The third kappa shape index (κ3) is 3.99. The molecule has 0 saturated heterocycles. The van der Waals surface area contributed by atoms with Crippen molar-refractivity contribution in [3.63, 3.8) is 0 Å². The first kappa shape index (κ1) is 28.2. The van der Waals surface area contributed by atoms with Crippen LogP contribution in [0.1, 0.15) is 0 Å². The number of para-hydroxylation sites is 2. The van der Waals surface area contributed by atoms with Gasteiger partial charge in [-0.2, -0.15) is 0 Å². The summed E-state index contributed by atoms with van der Waals surface area (Å²) in [6, 6.07) is 52.2. The Hall–Kier alpha value is -6.63. The van der Waals surface area contributed by atoms with Crippen molar-refractivity contribution in [1.82, 2.24) is 19.1 Å². The van der Waals surface area contributed by atoms with Gasteiger partial charge in [0, 0.05) is 48.9 Å². The number of nitrogens with zero attached hydrogens (tertiary/aromatic N) is 4. The zero-order valence-electron chi connectivity index (χ0n) is 27.1. The van der Waals surface area contributed by atoms with E-state index in [-0.39, 0.29) is 5.56 Å². The standard InChI is InChI=1S/C45H26N4OS/c50-44-41-35(30-17-6-9-22-36(30)48(44)29-16-12-15-28(25-29)27-13-2-1-3-14-27)26-46-45(47-41)49-37-23-10-7-20-33(37)39-31-18-4-5-19-32(31)40-34-21-8-11-24-38(34)51-43(40)42(39)49/h1-26H. The number of aromatic nitrogens is 4. The zero-order chi connectivity index (χ0) is 33.6. The van der Waals surface area contributed by atoms with Crippen LogP contribution in [0.15, 0.2) is 163 Å². The molecular formula is C45H26N4OS. The molecule has 0 saturated carbocycles. The Morgan fingerprint density at radius 2 is 1.14 bits per heavy atom. The molecule has 0 spiro atoms. The summed E-state index contributed by atoms with van der Waals surface area (Å²) in [5.74, 6) is 0.472. The van der Waals surface area contributed by atoms with Crippen LogP contribution in [0.25, 0.3) is 97.3 Å². The van der Waals surface area contributed by atoms with E-state index >= 15 is 0 Å². The van der Waals surface area contributed by atoms with E-state index in [2.05, 4.69) is 102 Å². The number of rotatable bonds is 3. The second-order valence-electron chi connectivity index (χ2n) is 12.9. The van der Waals surface area contributed by atoms with Gasteiger partial charge in [0.15, 0.2) is 0 Å². The highest BCUT2D eigenvalue weighted by Crippen LogP contribution is 2.47. The lowest BCUT2D eigenvalue weighted by atomic mass is 9.99. The molecule has 0 bridgehead atoms. The minimum absolute atomic E-state index is 0.184. The topological polar surface area (TPSA) is 52.7 Å². The summed E-state index contributed by atoms with van der Waals surface area (Å²) in [7, 11) is 0. The van der Waals surface area contributed by atoms with Gasteiger partial charge in [0.25, 0.3) is 5.56 Å². The van der Waals surface area contributed by atoms with Gasteiger partial charge < -0.3 is 0 Å². The number of hydrogen-bond donors (Lipinski definition) is 0. The Labute approximate surface area is 294 Å². The lowest BCUT2D eigenvalue weighted by Crippen LogP contribution is -2.21. The van der Waals surface area contributed by atoms with Crippen molar-refractivity contribution < 1.29 is 0 Å². The van der Waals surface area contributed by atoms with Crippen molar-refractivity contribution >= 4 is 85.9 Å². The maximum atomic E-state index is 14.8. The molecule has 51 heavy (non-hydrogen) atoms. The lowest BCUT2D eigenvalue weighted by molar-refractivity contribution is 0.994. The van der Waals surface area contributed by atoms with Crippen LogP contribution < -0.4 is 5.56 Å². The van der Waals surface area contributed by atoms with Gasteiger partial charge in [-0.05, 0) is 52.2 Å². The van der Waals surface area contributed by atoms with E-state index in [4.69, 9.17) is 9.97 Å². The zero-order valence-corrected chi connectivity index (χ0v) is 27.9. The highest BCUT2D eigenvalue weighted by molar-refractivity contribution is 7.27. The van der Waals surface area contributed by atoms with E-state index in [1.165, 1.54) is 30.9 Å². The van der Waals surface area contributed by atoms with E-state index in [0.717, 1.165) is 54.9 Å². The fourth-order valence-corrected chi connectivity index (χ4v) is 9.26. The van der Waals surface area contributed by atoms with Crippen LogP contribution in [-0.2, 0) is 0 Å². The van der Waals surface area contributed by atoms with Gasteiger partial charge >= 0.3 is 0 Å². The molecular weight excluding hydrogens is 645 g/mol. The molecule has 0 radical (unpaired) electrons. The number of fused-ring (bicyclic) bond motifs is 13. The van der Waals surface area contributed by atoms with Gasteiger partial charge in [-0.1, -0.05) is 121 Å². The van der Waals surface area contributed by atoms with Gasteiger partial charge in [-0.3, -0.25) is 13.9 Å². The molecule has 0 unspecified atom stereocenters. The summed E-state index contributed by atoms with van der Waals surface area (Å²) in [6.07, 6.45) is 1.83. The molecule has 11 rings (SSSR count). The van der Waals surface area contributed by atoms with Crippen molar-refractivity contribution in [2.45, 2.75) is 0 Å². The third-order valence-corrected chi connectivity index (χ3v) is 11.4. The molecule has 6 heteroatoms. The molecule has 4 heterocycles. The largest absolute Gasteiger partial charge is 0.282 e. The first-order chi connectivity index (χ1) is 25.2. The second-order valence-corrected chi connectivity index (χ2v) is 14.0. The average molecular weight is 671 g/mol. The fraction of sp³-hybridized carbons (Fsp3) is 0. The summed E-state index contributed by atoms with van der Waals surface area (Å²) < 4.78 is 6.38. The van der Waals surface area contributed by atoms with Crippen molar-refractivity contribution in [2.24, 2.45) is 0 Å². The molecule has 5 nitrogen and oxygen atoms in total. The Balaban J connectivity index is 1.26. The Kier molecular flexibility index (Phi) is 5.91. The fourth-order valence-electron chi connectivity index (χ4n) is 8.00. The quantitative estimate of drug-likeness (QED) is 0.176. The summed E-state index contributed by atoms with van der Waals surface area (Å²) in [6.45, 7) is 0. The molecule has 4 aromatic heterocycles. The minimum Gasteiger partial charge on any atom is -0.276 e. The number of benzene rings is 7. The van der Waals surface area contributed by atoms with Crippen LogP contribution in [-0.4, -0.2) is 19.1 Å². The lowest BCUT2D eigenvalue weighted by Gasteiger charge is -2.15. The molecule has 0 aliphatic heterocycles. The average Bonchev–Trinajstić information content (AvgIpc) is 3.76. The first-order valence-electron chi connectivity index (χ1n) is 17.0. The van der Waals surface area contributed by atoms with Gasteiger partial charge in [0.1, 0.15) is 5.52 Å². The monoisotopic (exact) mass is 670 g/mol. The van der Waals surface area contributed by atoms with Crippen LogP contribution in [0.4, 0.5) is 0 Å². The number of thiophene rings is 1. The van der Waals surface area contributed by atoms with Crippen molar-refractivity contribution in [2.75, 3.05) is 0 Å². The van der Waals surface area contributed by atoms with E-state index < -0.39 is 0 Å². The smallest absolute Gasteiger partial charge is 0.276 e. The van der Waals surface area contributed by atoms with E-state index in [1.807, 2.05) is 60.8 Å². The molecule has 0 aliphatic rings. The normalized spacial score (nSPS) is 12.0. The van der Waals surface area contributed by atoms with Crippen LogP contribution >= 0.6 is 11.3 Å². The van der Waals surface area contributed by atoms with Crippen molar-refractivity contribution in [1.29, 1.82) is 0 Å². The second kappa shape index (κ2) is 10.7. The predicted octanol–water partition coefficient (Wildman–Crippen LogP) is 11.2. The van der Waals surface area contributed by atoms with Crippen molar-refractivity contribution in [3.8, 4) is 22.8 Å². The van der Waals surface area contributed by atoms with E-state index in [0.29, 0.717) is 11.5 Å². The van der Waals surface area contributed by atoms with Gasteiger partial charge in [0.2, 0.25) is 5.95 Å². The van der Waals surface area contributed by atoms with Gasteiger partial charge in [-0.25, -0.2) is 9.97 Å².